The molecular formula is C18H15ClO4. The summed E-state index contributed by atoms with van der Waals surface area (Å²) in [4.78, 5) is 11.8. The molecule has 0 amide bonds. The molecule has 0 saturated carbocycles. The van der Waals surface area contributed by atoms with Crippen molar-refractivity contribution in [3.05, 3.63) is 42.0 Å². The highest BCUT2D eigenvalue weighted by Crippen LogP contribution is 2.39. The molecule has 0 spiro atoms. The van der Waals surface area contributed by atoms with Crippen molar-refractivity contribution in [2.75, 3.05) is 21.3 Å². The maximum Gasteiger partial charge on any atom is 0.253 e. The van der Waals surface area contributed by atoms with Crippen LogP contribution in [0.3, 0.4) is 0 Å². The van der Waals surface area contributed by atoms with Gasteiger partial charge in [-0.3, -0.25) is 4.79 Å². The molecule has 0 saturated heterocycles. The van der Waals surface area contributed by atoms with Gasteiger partial charge in [-0.25, -0.2) is 0 Å². The molecule has 0 aromatic heterocycles. The van der Waals surface area contributed by atoms with Gasteiger partial charge in [-0.2, -0.15) is 0 Å². The van der Waals surface area contributed by atoms with Gasteiger partial charge in [-0.05, 0) is 63.5 Å². The third-order valence-corrected chi connectivity index (χ3v) is 4.08. The third-order valence-electron chi connectivity index (χ3n) is 3.88. The largest absolute Gasteiger partial charge is 0.497 e. The lowest BCUT2D eigenvalue weighted by Gasteiger charge is -2.13. The number of ether oxygens (including phenoxy) is 3. The van der Waals surface area contributed by atoms with Crippen LogP contribution in [0.4, 0.5) is 0 Å². The van der Waals surface area contributed by atoms with E-state index in [1.807, 2.05) is 24.3 Å². The van der Waals surface area contributed by atoms with Crippen LogP contribution in [0.1, 0.15) is 10.4 Å². The van der Waals surface area contributed by atoms with Crippen LogP contribution in [-0.4, -0.2) is 26.6 Å². The maximum atomic E-state index is 11.8. The average molecular weight is 331 g/mol. The minimum absolute atomic E-state index is 0.431. The molecule has 0 fully saturated rings. The average Bonchev–Trinajstić information content (AvgIpc) is 2.58. The molecule has 0 radical (unpaired) electrons. The number of rotatable bonds is 4. The predicted octanol–water partition coefficient (Wildman–Crippen LogP) is 4.40. The molecule has 0 aliphatic carbocycles. The van der Waals surface area contributed by atoms with Gasteiger partial charge in [0.05, 0.1) is 21.3 Å². The van der Waals surface area contributed by atoms with Crippen LogP contribution in [-0.2, 0) is 0 Å². The Balaban J connectivity index is 2.50. The highest BCUT2D eigenvalue weighted by molar-refractivity contribution is 6.68. The Bertz CT molecular complexity index is 918. The van der Waals surface area contributed by atoms with Crippen molar-refractivity contribution in [3.63, 3.8) is 0 Å². The second kappa shape index (κ2) is 5.97. The summed E-state index contributed by atoms with van der Waals surface area (Å²) in [6.07, 6.45) is 0. The minimum Gasteiger partial charge on any atom is -0.497 e. The van der Waals surface area contributed by atoms with Gasteiger partial charge in [0.1, 0.15) is 5.75 Å². The molecule has 0 N–H and O–H groups in total. The zero-order valence-corrected chi connectivity index (χ0v) is 13.7. The molecular weight excluding hydrogens is 316 g/mol. The van der Waals surface area contributed by atoms with Crippen LogP contribution in [0.2, 0.25) is 0 Å². The van der Waals surface area contributed by atoms with Crippen LogP contribution < -0.4 is 14.2 Å². The van der Waals surface area contributed by atoms with Gasteiger partial charge in [0.15, 0.2) is 11.5 Å². The maximum absolute atomic E-state index is 11.8. The lowest BCUT2D eigenvalue weighted by molar-refractivity contribution is 0.108. The van der Waals surface area contributed by atoms with Gasteiger partial charge in [0.25, 0.3) is 5.24 Å². The molecule has 3 aromatic carbocycles. The Hall–Kier alpha value is -2.46. The first-order valence-corrected chi connectivity index (χ1v) is 7.33. The lowest BCUT2D eigenvalue weighted by Crippen LogP contribution is -1.96. The third kappa shape index (κ3) is 2.55. The fourth-order valence-corrected chi connectivity index (χ4v) is 2.90. The molecule has 4 nitrogen and oxygen atoms in total. The van der Waals surface area contributed by atoms with Crippen LogP contribution in [0, 0.1) is 0 Å². The number of benzene rings is 3. The van der Waals surface area contributed by atoms with E-state index in [0.29, 0.717) is 22.4 Å². The van der Waals surface area contributed by atoms with Crippen molar-refractivity contribution in [1.29, 1.82) is 0 Å². The molecule has 3 rings (SSSR count). The standard InChI is InChI=1S/C18H15ClO4/c1-21-11-5-4-10-6-15(18(19)20)14-9-17(23-3)16(22-2)8-13(14)12(10)7-11/h4-9H,1-3H3. The predicted molar refractivity (Wildman–Crippen MR) is 91.3 cm³/mol. The van der Waals surface area contributed by atoms with Gasteiger partial charge in [0.2, 0.25) is 0 Å². The van der Waals surface area contributed by atoms with Gasteiger partial charge >= 0.3 is 0 Å². The number of hydrogen-bond donors (Lipinski definition) is 0. The van der Waals surface area contributed by atoms with Gasteiger partial charge < -0.3 is 14.2 Å². The molecule has 118 valence electrons. The fourth-order valence-electron chi connectivity index (χ4n) is 2.74. The molecule has 0 unspecified atom stereocenters. The van der Waals surface area contributed by atoms with E-state index in [0.717, 1.165) is 21.9 Å². The highest BCUT2D eigenvalue weighted by atomic mass is 35.5. The zero-order valence-electron chi connectivity index (χ0n) is 13.0. The molecule has 0 atom stereocenters. The normalized spacial score (nSPS) is 10.8. The van der Waals surface area contributed by atoms with E-state index in [4.69, 9.17) is 25.8 Å². The highest BCUT2D eigenvalue weighted by Gasteiger charge is 2.16. The summed E-state index contributed by atoms with van der Waals surface area (Å²) in [6, 6.07) is 11.1. The van der Waals surface area contributed by atoms with Crippen molar-refractivity contribution in [2.24, 2.45) is 0 Å². The molecule has 3 aromatic rings. The summed E-state index contributed by atoms with van der Waals surface area (Å²) in [7, 11) is 4.74. The minimum atomic E-state index is -0.514. The summed E-state index contributed by atoms with van der Waals surface area (Å²) in [6.45, 7) is 0. The second-order valence-electron chi connectivity index (χ2n) is 5.04. The molecule has 5 heteroatoms. The van der Waals surface area contributed by atoms with Gasteiger partial charge in [-0.15, -0.1) is 0 Å². The first-order valence-electron chi connectivity index (χ1n) is 6.95. The first-order chi connectivity index (χ1) is 11.1. The smallest absolute Gasteiger partial charge is 0.253 e. The van der Waals surface area contributed by atoms with Crippen LogP contribution >= 0.6 is 11.6 Å². The number of carbonyl (C=O) groups is 1. The molecule has 0 heterocycles. The topological polar surface area (TPSA) is 44.8 Å². The van der Waals surface area contributed by atoms with Crippen molar-refractivity contribution < 1.29 is 19.0 Å². The lowest BCUT2D eigenvalue weighted by atomic mass is 9.97. The van der Waals surface area contributed by atoms with E-state index in [9.17, 15) is 4.79 Å². The van der Waals surface area contributed by atoms with Crippen LogP contribution in [0.15, 0.2) is 36.4 Å². The number of hydrogen-bond acceptors (Lipinski definition) is 4. The molecule has 0 aliphatic heterocycles. The van der Waals surface area contributed by atoms with E-state index in [1.54, 1.807) is 33.5 Å². The van der Waals surface area contributed by atoms with E-state index >= 15 is 0 Å². The summed E-state index contributed by atoms with van der Waals surface area (Å²) in [5.74, 6) is 1.86. The van der Waals surface area contributed by atoms with E-state index in [2.05, 4.69) is 0 Å². The molecule has 0 aliphatic rings. The van der Waals surface area contributed by atoms with Crippen molar-refractivity contribution in [1.82, 2.24) is 0 Å². The van der Waals surface area contributed by atoms with Crippen molar-refractivity contribution in [2.45, 2.75) is 0 Å². The van der Waals surface area contributed by atoms with Crippen LogP contribution in [0.5, 0.6) is 17.2 Å². The summed E-state index contributed by atoms with van der Waals surface area (Å²) in [5, 5.41) is 2.89. The summed E-state index contributed by atoms with van der Waals surface area (Å²) < 4.78 is 16.0. The Morgan fingerprint density at radius 2 is 1.48 bits per heavy atom. The Labute approximate surface area is 138 Å². The second-order valence-corrected chi connectivity index (χ2v) is 5.38. The monoisotopic (exact) mass is 330 g/mol. The van der Waals surface area contributed by atoms with Crippen molar-refractivity contribution >= 4 is 38.4 Å². The molecule has 0 bridgehead atoms. The molecule has 23 heavy (non-hydrogen) atoms. The fraction of sp³-hybridized carbons (Fsp3) is 0.167. The van der Waals surface area contributed by atoms with Crippen LogP contribution in [0.25, 0.3) is 21.5 Å². The van der Waals surface area contributed by atoms with Gasteiger partial charge in [0, 0.05) is 5.56 Å². The SMILES string of the molecule is COc1ccc2cc(C(=O)Cl)c3cc(OC)c(OC)cc3c2c1. The first kappa shape index (κ1) is 15.4. The zero-order chi connectivity index (χ0) is 16.6. The van der Waals surface area contributed by atoms with E-state index < -0.39 is 5.24 Å². The Morgan fingerprint density at radius 3 is 2.04 bits per heavy atom. The van der Waals surface area contributed by atoms with Gasteiger partial charge in [-0.1, -0.05) is 6.07 Å². The Kier molecular flexibility index (Phi) is 4.01. The number of halogens is 1. The quantitative estimate of drug-likeness (QED) is 0.525. The number of methoxy groups -OCH3 is 3. The Morgan fingerprint density at radius 1 is 0.826 bits per heavy atom. The number of fused-ring (bicyclic) bond motifs is 3. The van der Waals surface area contributed by atoms with Crippen molar-refractivity contribution in [3.8, 4) is 17.2 Å². The number of carbonyl (C=O) groups excluding carboxylic acids is 1. The summed E-state index contributed by atoms with van der Waals surface area (Å²) in [5.41, 5.74) is 0.431. The summed E-state index contributed by atoms with van der Waals surface area (Å²) >= 11 is 5.77. The van der Waals surface area contributed by atoms with E-state index in [-0.39, 0.29) is 0 Å². The van der Waals surface area contributed by atoms with E-state index in [1.165, 1.54) is 0 Å².